The van der Waals surface area contributed by atoms with Gasteiger partial charge in [0, 0.05) is 29.6 Å². The minimum Gasteiger partial charge on any atom is -0.493 e. The number of nitrogens with one attached hydrogen (secondary N) is 1. The van der Waals surface area contributed by atoms with E-state index in [1.807, 2.05) is 6.07 Å². The Kier molecular flexibility index (Phi) is 5.02. The van der Waals surface area contributed by atoms with Gasteiger partial charge in [0.2, 0.25) is 11.6 Å². The second kappa shape index (κ2) is 7.56. The van der Waals surface area contributed by atoms with Crippen molar-refractivity contribution in [2.75, 3.05) is 26.6 Å². The lowest BCUT2D eigenvalue weighted by molar-refractivity contribution is 0.102. The Balaban J connectivity index is 1.83. The van der Waals surface area contributed by atoms with Gasteiger partial charge in [0.15, 0.2) is 11.5 Å². The van der Waals surface area contributed by atoms with Crippen LogP contribution in [-0.4, -0.2) is 37.4 Å². The minimum atomic E-state index is -0.405. The third-order valence-electron chi connectivity index (χ3n) is 3.63. The van der Waals surface area contributed by atoms with Crippen LogP contribution in [0.4, 0.5) is 5.88 Å². The van der Waals surface area contributed by atoms with Crippen LogP contribution >= 0.6 is 0 Å². The zero-order valence-corrected chi connectivity index (χ0v) is 14.5. The summed E-state index contributed by atoms with van der Waals surface area (Å²) in [5, 5.41) is 6.58. The number of aromatic nitrogens is 2. The fraction of sp³-hybridized carbons (Fsp3) is 0.167. The number of pyridine rings is 1. The molecule has 0 spiro atoms. The lowest BCUT2D eigenvalue weighted by Crippen LogP contribution is -2.12. The number of amides is 1. The Morgan fingerprint density at radius 3 is 2.38 bits per heavy atom. The van der Waals surface area contributed by atoms with Gasteiger partial charge in [0.1, 0.15) is 5.69 Å². The molecule has 0 unspecified atom stereocenters. The number of carbonyl (C=O) groups excluding carboxylic acids is 1. The molecule has 26 heavy (non-hydrogen) atoms. The number of anilines is 1. The Bertz CT molecular complexity index is 883. The third kappa shape index (κ3) is 3.44. The van der Waals surface area contributed by atoms with E-state index in [-0.39, 0.29) is 5.88 Å². The van der Waals surface area contributed by atoms with Crippen LogP contribution in [0.5, 0.6) is 17.2 Å². The van der Waals surface area contributed by atoms with Crippen LogP contribution < -0.4 is 19.5 Å². The molecule has 2 heterocycles. The molecular formula is C18H17N3O5. The second-order valence-corrected chi connectivity index (χ2v) is 5.19. The molecule has 1 aromatic carbocycles. The SMILES string of the molecule is COc1cc(C(=O)Nc2cc(-c3cccnc3)no2)cc(OC)c1OC. The lowest BCUT2D eigenvalue weighted by atomic mass is 10.1. The van der Waals surface area contributed by atoms with Gasteiger partial charge in [-0.05, 0) is 24.3 Å². The molecule has 0 aliphatic carbocycles. The fourth-order valence-electron chi connectivity index (χ4n) is 2.38. The first kappa shape index (κ1) is 17.3. The highest BCUT2D eigenvalue weighted by Gasteiger charge is 2.18. The lowest BCUT2D eigenvalue weighted by Gasteiger charge is -2.13. The Morgan fingerprint density at radius 2 is 1.81 bits per heavy atom. The number of hydrogen-bond acceptors (Lipinski definition) is 7. The van der Waals surface area contributed by atoms with Crippen molar-refractivity contribution in [3.8, 4) is 28.5 Å². The molecule has 0 radical (unpaired) electrons. The summed E-state index contributed by atoms with van der Waals surface area (Å²) in [6, 6.07) is 8.35. The zero-order valence-electron chi connectivity index (χ0n) is 14.5. The quantitative estimate of drug-likeness (QED) is 0.726. The first-order valence-corrected chi connectivity index (χ1v) is 7.64. The average Bonchev–Trinajstić information content (AvgIpc) is 3.15. The summed E-state index contributed by atoms with van der Waals surface area (Å²) < 4.78 is 20.9. The fourth-order valence-corrected chi connectivity index (χ4v) is 2.38. The Morgan fingerprint density at radius 1 is 1.08 bits per heavy atom. The van der Waals surface area contributed by atoms with Gasteiger partial charge in [-0.2, -0.15) is 0 Å². The van der Waals surface area contributed by atoms with Crippen molar-refractivity contribution in [3.63, 3.8) is 0 Å². The molecule has 0 fully saturated rings. The number of ether oxygens (including phenoxy) is 3. The van der Waals surface area contributed by atoms with Gasteiger partial charge in [-0.15, -0.1) is 0 Å². The van der Waals surface area contributed by atoms with Crippen LogP contribution in [0.2, 0.25) is 0 Å². The van der Waals surface area contributed by atoms with Crippen molar-refractivity contribution in [2.24, 2.45) is 0 Å². The predicted molar refractivity (Wildman–Crippen MR) is 93.8 cm³/mol. The largest absolute Gasteiger partial charge is 0.493 e. The zero-order chi connectivity index (χ0) is 18.5. The van der Waals surface area contributed by atoms with Crippen LogP contribution in [0.1, 0.15) is 10.4 Å². The molecule has 1 amide bonds. The third-order valence-corrected chi connectivity index (χ3v) is 3.63. The molecule has 2 aromatic heterocycles. The summed E-state index contributed by atoms with van der Waals surface area (Å²) in [5.74, 6) is 0.974. The molecule has 134 valence electrons. The van der Waals surface area contributed by atoms with E-state index in [0.717, 1.165) is 5.56 Å². The summed E-state index contributed by atoms with van der Waals surface area (Å²) in [7, 11) is 4.46. The Labute approximate surface area is 149 Å². The van der Waals surface area contributed by atoms with E-state index in [2.05, 4.69) is 15.5 Å². The van der Waals surface area contributed by atoms with Crippen LogP contribution in [-0.2, 0) is 0 Å². The molecule has 3 aromatic rings. The summed E-state index contributed by atoms with van der Waals surface area (Å²) in [4.78, 5) is 16.6. The molecular weight excluding hydrogens is 338 g/mol. The van der Waals surface area contributed by atoms with Gasteiger partial charge in [-0.25, -0.2) is 0 Å². The number of rotatable bonds is 6. The van der Waals surface area contributed by atoms with E-state index in [1.54, 1.807) is 36.7 Å². The minimum absolute atomic E-state index is 0.211. The Hall–Kier alpha value is -3.55. The van der Waals surface area contributed by atoms with Crippen molar-refractivity contribution in [1.29, 1.82) is 0 Å². The summed E-state index contributed by atoms with van der Waals surface area (Å²) >= 11 is 0. The number of hydrogen-bond donors (Lipinski definition) is 1. The van der Waals surface area contributed by atoms with Gasteiger partial charge < -0.3 is 18.7 Å². The van der Waals surface area contributed by atoms with E-state index < -0.39 is 5.91 Å². The van der Waals surface area contributed by atoms with Gasteiger partial charge in [-0.3, -0.25) is 15.1 Å². The highest BCUT2D eigenvalue weighted by atomic mass is 16.5. The molecule has 0 saturated carbocycles. The van der Waals surface area contributed by atoms with E-state index in [4.69, 9.17) is 18.7 Å². The predicted octanol–water partition coefficient (Wildman–Crippen LogP) is 3.01. The summed E-state index contributed by atoms with van der Waals surface area (Å²) in [6.07, 6.45) is 3.32. The summed E-state index contributed by atoms with van der Waals surface area (Å²) in [5.41, 5.74) is 1.67. The molecule has 0 bridgehead atoms. The molecule has 1 N–H and O–H groups in total. The van der Waals surface area contributed by atoms with E-state index in [0.29, 0.717) is 28.5 Å². The van der Waals surface area contributed by atoms with Gasteiger partial charge in [-0.1, -0.05) is 5.16 Å². The van der Waals surface area contributed by atoms with Crippen molar-refractivity contribution >= 4 is 11.8 Å². The molecule has 3 rings (SSSR count). The van der Waals surface area contributed by atoms with Crippen LogP contribution in [0, 0.1) is 0 Å². The maximum absolute atomic E-state index is 12.5. The van der Waals surface area contributed by atoms with Gasteiger partial charge in [0.25, 0.3) is 5.91 Å². The monoisotopic (exact) mass is 355 g/mol. The van der Waals surface area contributed by atoms with Gasteiger partial charge in [0.05, 0.1) is 21.3 Å². The van der Waals surface area contributed by atoms with Crippen molar-refractivity contribution in [1.82, 2.24) is 10.1 Å². The highest BCUT2D eigenvalue weighted by Crippen LogP contribution is 2.38. The number of carbonyl (C=O) groups is 1. The van der Waals surface area contributed by atoms with Crippen LogP contribution in [0.3, 0.4) is 0 Å². The first-order valence-electron chi connectivity index (χ1n) is 7.64. The topological polar surface area (TPSA) is 95.7 Å². The molecule has 8 heteroatoms. The number of nitrogens with zero attached hydrogens (tertiary/aromatic N) is 2. The molecule has 8 nitrogen and oxygen atoms in total. The standard InChI is InChI=1S/C18H17N3O5/c1-23-14-7-12(8-15(24-2)17(14)25-3)18(22)20-16-9-13(21-26-16)11-5-4-6-19-10-11/h4-10H,1-3H3,(H,20,22). The molecule has 0 atom stereocenters. The van der Waals surface area contributed by atoms with E-state index in [1.165, 1.54) is 21.3 Å². The van der Waals surface area contributed by atoms with Gasteiger partial charge >= 0.3 is 0 Å². The highest BCUT2D eigenvalue weighted by molar-refractivity contribution is 6.04. The van der Waals surface area contributed by atoms with E-state index >= 15 is 0 Å². The number of methoxy groups -OCH3 is 3. The van der Waals surface area contributed by atoms with Crippen LogP contribution in [0.25, 0.3) is 11.3 Å². The van der Waals surface area contributed by atoms with Crippen molar-refractivity contribution in [3.05, 3.63) is 48.3 Å². The van der Waals surface area contributed by atoms with E-state index in [9.17, 15) is 4.79 Å². The maximum atomic E-state index is 12.5. The van der Waals surface area contributed by atoms with Crippen LogP contribution in [0.15, 0.2) is 47.2 Å². The van der Waals surface area contributed by atoms with Crippen molar-refractivity contribution < 1.29 is 23.5 Å². The smallest absolute Gasteiger partial charge is 0.258 e. The normalized spacial score (nSPS) is 10.3. The second-order valence-electron chi connectivity index (χ2n) is 5.19. The first-order chi connectivity index (χ1) is 12.7. The molecule has 0 aliphatic rings. The summed E-state index contributed by atoms with van der Waals surface area (Å²) in [6.45, 7) is 0. The molecule has 0 saturated heterocycles. The number of benzene rings is 1. The average molecular weight is 355 g/mol. The van der Waals surface area contributed by atoms with Crippen molar-refractivity contribution in [2.45, 2.75) is 0 Å². The molecule has 0 aliphatic heterocycles. The maximum Gasteiger partial charge on any atom is 0.258 e.